The minimum absolute atomic E-state index is 0.599. The summed E-state index contributed by atoms with van der Waals surface area (Å²) in [7, 11) is 1.99. The minimum atomic E-state index is 0.599. The molecule has 0 amide bonds. The number of nitrogens with one attached hydrogen (secondary N) is 1. The Morgan fingerprint density at radius 1 is 1.26 bits per heavy atom. The van der Waals surface area contributed by atoms with E-state index in [0.717, 1.165) is 36.6 Å². The molecule has 0 aliphatic heterocycles. The predicted molar refractivity (Wildman–Crippen MR) is 82.8 cm³/mol. The van der Waals surface area contributed by atoms with Gasteiger partial charge in [-0.2, -0.15) is 5.10 Å². The second-order valence-electron chi connectivity index (χ2n) is 5.55. The van der Waals surface area contributed by atoms with Crippen molar-refractivity contribution in [1.82, 2.24) is 15.1 Å². The zero-order valence-corrected chi connectivity index (χ0v) is 13.7. The van der Waals surface area contributed by atoms with E-state index >= 15 is 0 Å². The Labute approximate surface area is 122 Å². The summed E-state index contributed by atoms with van der Waals surface area (Å²) >= 11 is 6.41. The van der Waals surface area contributed by atoms with Crippen LogP contribution in [0, 0.1) is 11.8 Å². The summed E-state index contributed by atoms with van der Waals surface area (Å²) < 4.78 is 1.95. The van der Waals surface area contributed by atoms with Crippen molar-refractivity contribution in [3.63, 3.8) is 0 Å². The van der Waals surface area contributed by atoms with E-state index in [2.05, 4.69) is 38.1 Å². The first-order chi connectivity index (χ1) is 9.01. The third-order valence-electron chi connectivity index (χ3n) is 3.88. The van der Waals surface area contributed by atoms with E-state index < -0.39 is 0 Å². The summed E-state index contributed by atoms with van der Waals surface area (Å²) in [5.41, 5.74) is 2.19. The fraction of sp³-hybridized carbons (Fsp3) is 0.800. The van der Waals surface area contributed by atoms with Crippen LogP contribution in [-0.2, 0) is 19.9 Å². The number of aromatic nitrogens is 2. The van der Waals surface area contributed by atoms with Crippen molar-refractivity contribution in [3.8, 4) is 0 Å². The molecule has 3 nitrogen and oxygen atoms in total. The van der Waals surface area contributed by atoms with Gasteiger partial charge in [-0.1, -0.05) is 39.3 Å². The molecule has 0 spiro atoms. The molecule has 0 saturated heterocycles. The Balaban J connectivity index is 2.61. The van der Waals surface area contributed by atoms with Crippen molar-refractivity contribution in [1.29, 1.82) is 0 Å². The van der Waals surface area contributed by atoms with Crippen molar-refractivity contribution < 1.29 is 0 Å². The SMILES string of the molecule is CCCNCC(C)C(C)Cc1c(Cl)c(CC)nn1C. The van der Waals surface area contributed by atoms with Crippen LogP contribution in [0.1, 0.15) is 45.5 Å². The number of nitrogens with zero attached hydrogens (tertiary/aromatic N) is 2. The lowest BCUT2D eigenvalue weighted by atomic mass is 9.91. The monoisotopic (exact) mass is 285 g/mol. The Morgan fingerprint density at radius 2 is 1.95 bits per heavy atom. The van der Waals surface area contributed by atoms with Gasteiger partial charge in [-0.25, -0.2) is 0 Å². The van der Waals surface area contributed by atoms with E-state index in [1.807, 2.05) is 11.7 Å². The molecule has 4 heteroatoms. The molecule has 1 heterocycles. The van der Waals surface area contributed by atoms with Crippen LogP contribution in [0.3, 0.4) is 0 Å². The van der Waals surface area contributed by atoms with Gasteiger partial charge in [0.2, 0.25) is 0 Å². The van der Waals surface area contributed by atoms with Crippen molar-refractivity contribution in [2.24, 2.45) is 18.9 Å². The maximum Gasteiger partial charge on any atom is 0.0849 e. The molecule has 0 fully saturated rings. The molecule has 1 aromatic heterocycles. The van der Waals surface area contributed by atoms with Crippen molar-refractivity contribution >= 4 is 11.6 Å². The molecule has 2 unspecified atom stereocenters. The van der Waals surface area contributed by atoms with Gasteiger partial charge < -0.3 is 5.32 Å². The summed E-state index contributed by atoms with van der Waals surface area (Å²) in [6.07, 6.45) is 3.08. The van der Waals surface area contributed by atoms with Gasteiger partial charge in [0.05, 0.1) is 16.4 Å². The first-order valence-electron chi connectivity index (χ1n) is 7.42. The third-order valence-corrected chi connectivity index (χ3v) is 4.32. The molecule has 0 aromatic carbocycles. The summed E-state index contributed by atoms with van der Waals surface area (Å²) in [6, 6.07) is 0. The highest BCUT2D eigenvalue weighted by Gasteiger charge is 2.19. The molecule has 1 N–H and O–H groups in total. The van der Waals surface area contributed by atoms with Crippen LogP contribution in [0.25, 0.3) is 0 Å². The number of hydrogen-bond acceptors (Lipinski definition) is 2. The molecule has 19 heavy (non-hydrogen) atoms. The fourth-order valence-corrected chi connectivity index (χ4v) is 2.63. The lowest BCUT2D eigenvalue weighted by molar-refractivity contribution is 0.359. The summed E-state index contributed by atoms with van der Waals surface area (Å²) in [5.74, 6) is 1.24. The van der Waals surface area contributed by atoms with Crippen LogP contribution in [0.15, 0.2) is 0 Å². The van der Waals surface area contributed by atoms with Crippen LogP contribution in [0.2, 0.25) is 5.02 Å². The molecule has 110 valence electrons. The first-order valence-corrected chi connectivity index (χ1v) is 7.79. The molecular weight excluding hydrogens is 258 g/mol. The van der Waals surface area contributed by atoms with Gasteiger partial charge in [0, 0.05) is 7.05 Å². The molecule has 1 rings (SSSR count). The average molecular weight is 286 g/mol. The zero-order valence-electron chi connectivity index (χ0n) is 13.0. The van der Waals surface area contributed by atoms with E-state index in [4.69, 9.17) is 11.6 Å². The van der Waals surface area contributed by atoms with Crippen LogP contribution < -0.4 is 5.32 Å². The maximum absolute atomic E-state index is 6.41. The Morgan fingerprint density at radius 3 is 2.47 bits per heavy atom. The van der Waals surface area contributed by atoms with Crippen LogP contribution >= 0.6 is 11.6 Å². The largest absolute Gasteiger partial charge is 0.316 e. The molecule has 0 saturated carbocycles. The highest BCUT2D eigenvalue weighted by molar-refractivity contribution is 6.31. The topological polar surface area (TPSA) is 29.9 Å². The number of rotatable bonds is 8. The second-order valence-corrected chi connectivity index (χ2v) is 5.93. The molecule has 1 aromatic rings. The molecule has 0 aliphatic carbocycles. The van der Waals surface area contributed by atoms with Crippen molar-refractivity contribution in [2.45, 2.75) is 47.0 Å². The Hall–Kier alpha value is -0.540. The fourth-order valence-electron chi connectivity index (χ4n) is 2.26. The van der Waals surface area contributed by atoms with Crippen molar-refractivity contribution in [2.75, 3.05) is 13.1 Å². The molecular formula is C15H28ClN3. The molecule has 0 radical (unpaired) electrons. The van der Waals surface area contributed by atoms with Crippen LogP contribution in [0.4, 0.5) is 0 Å². The van der Waals surface area contributed by atoms with E-state index in [1.165, 1.54) is 12.1 Å². The maximum atomic E-state index is 6.41. The molecule has 0 aliphatic rings. The zero-order chi connectivity index (χ0) is 14.4. The minimum Gasteiger partial charge on any atom is -0.316 e. The van der Waals surface area contributed by atoms with Gasteiger partial charge in [-0.05, 0) is 44.2 Å². The Bertz CT molecular complexity index is 387. The number of hydrogen-bond donors (Lipinski definition) is 1. The van der Waals surface area contributed by atoms with E-state index in [1.54, 1.807) is 0 Å². The van der Waals surface area contributed by atoms with Gasteiger partial charge in [0.15, 0.2) is 0 Å². The molecule has 2 atom stereocenters. The summed E-state index contributed by atoms with van der Waals surface area (Å²) in [6.45, 7) is 11.1. The first kappa shape index (κ1) is 16.5. The lowest BCUT2D eigenvalue weighted by Gasteiger charge is -2.20. The summed E-state index contributed by atoms with van der Waals surface area (Å²) in [5, 5.41) is 8.84. The third kappa shape index (κ3) is 4.50. The predicted octanol–water partition coefficient (Wildman–Crippen LogP) is 3.45. The smallest absolute Gasteiger partial charge is 0.0849 e. The van der Waals surface area contributed by atoms with Gasteiger partial charge in [-0.15, -0.1) is 0 Å². The van der Waals surface area contributed by atoms with Gasteiger partial charge >= 0.3 is 0 Å². The highest BCUT2D eigenvalue weighted by atomic mass is 35.5. The number of aryl methyl sites for hydroxylation is 2. The quantitative estimate of drug-likeness (QED) is 0.742. The Kier molecular flexibility index (Phi) is 6.87. The average Bonchev–Trinajstić information content (AvgIpc) is 2.66. The van der Waals surface area contributed by atoms with Crippen LogP contribution in [0.5, 0.6) is 0 Å². The van der Waals surface area contributed by atoms with Crippen molar-refractivity contribution in [3.05, 3.63) is 16.4 Å². The standard InChI is InChI=1S/C15H28ClN3/c1-6-8-17-10-12(4)11(3)9-14-15(16)13(7-2)18-19(14)5/h11-12,17H,6-10H2,1-5H3. The van der Waals surface area contributed by atoms with Gasteiger partial charge in [0.1, 0.15) is 0 Å². The van der Waals surface area contributed by atoms with E-state index in [-0.39, 0.29) is 0 Å². The summed E-state index contributed by atoms with van der Waals surface area (Å²) in [4.78, 5) is 0. The lowest BCUT2D eigenvalue weighted by Crippen LogP contribution is -2.27. The van der Waals surface area contributed by atoms with E-state index in [9.17, 15) is 0 Å². The van der Waals surface area contributed by atoms with Gasteiger partial charge in [-0.3, -0.25) is 4.68 Å². The highest BCUT2D eigenvalue weighted by Crippen LogP contribution is 2.25. The van der Waals surface area contributed by atoms with E-state index in [0.29, 0.717) is 11.8 Å². The second kappa shape index (κ2) is 7.91. The van der Waals surface area contributed by atoms with Gasteiger partial charge in [0.25, 0.3) is 0 Å². The number of halogens is 1. The van der Waals surface area contributed by atoms with Crippen LogP contribution in [-0.4, -0.2) is 22.9 Å². The normalized spacial score (nSPS) is 14.6. The molecule has 0 bridgehead atoms.